The highest BCUT2D eigenvalue weighted by Gasteiger charge is 2.31. The minimum Gasteiger partial charge on any atom is -0.382 e. The molecule has 5 nitrogen and oxygen atoms in total. The fourth-order valence-electron chi connectivity index (χ4n) is 3.93. The standard InChI is InChI=1S/C22H21ClF3N3O2S/c23-15-3-10-19-20(11-12-27-21(19)13-15)28-16-4-6-17(7-5-16)29-32(30,31)18-8-1-14(2-9-18)22(24,25)26/h1-3,8-13,16-17,29H,4-7H2,(H,27,28)/t16-,17+. The molecule has 0 radical (unpaired) electrons. The van der Waals surface area contributed by atoms with Gasteiger partial charge in [-0.25, -0.2) is 13.1 Å². The van der Waals surface area contributed by atoms with Crippen LogP contribution in [0.2, 0.25) is 5.02 Å². The molecule has 0 amide bonds. The number of hydrogen-bond acceptors (Lipinski definition) is 4. The van der Waals surface area contributed by atoms with Gasteiger partial charge in [0.2, 0.25) is 10.0 Å². The lowest BCUT2D eigenvalue weighted by Crippen LogP contribution is -2.40. The summed E-state index contributed by atoms with van der Waals surface area (Å²) in [4.78, 5) is 4.16. The summed E-state index contributed by atoms with van der Waals surface area (Å²) in [7, 11) is -3.89. The van der Waals surface area contributed by atoms with Gasteiger partial charge in [0.15, 0.2) is 0 Å². The number of benzene rings is 2. The number of hydrogen-bond donors (Lipinski definition) is 2. The Kier molecular flexibility index (Phi) is 6.33. The quantitative estimate of drug-likeness (QED) is 0.495. The number of rotatable bonds is 5. The predicted octanol–water partition coefficient (Wildman–Crippen LogP) is 5.61. The van der Waals surface area contributed by atoms with Crippen LogP contribution in [-0.2, 0) is 16.2 Å². The predicted molar refractivity (Wildman–Crippen MR) is 118 cm³/mol. The summed E-state index contributed by atoms with van der Waals surface area (Å²) in [6, 6.07) is 10.9. The Morgan fingerprint density at radius 2 is 1.59 bits per heavy atom. The second-order valence-corrected chi connectivity index (χ2v) is 10.0. The third kappa shape index (κ3) is 5.16. The van der Waals surface area contributed by atoms with E-state index < -0.39 is 21.8 Å². The number of fused-ring (bicyclic) bond motifs is 1. The first-order chi connectivity index (χ1) is 15.1. The average molecular weight is 484 g/mol. The van der Waals surface area contributed by atoms with Gasteiger partial charge in [-0.1, -0.05) is 11.6 Å². The van der Waals surface area contributed by atoms with Gasteiger partial charge in [0.1, 0.15) is 0 Å². The van der Waals surface area contributed by atoms with Gasteiger partial charge in [0.05, 0.1) is 16.0 Å². The van der Waals surface area contributed by atoms with Gasteiger partial charge >= 0.3 is 6.18 Å². The van der Waals surface area contributed by atoms with Crippen LogP contribution < -0.4 is 10.0 Å². The monoisotopic (exact) mass is 483 g/mol. The number of anilines is 1. The molecule has 0 aliphatic heterocycles. The summed E-state index contributed by atoms with van der Waals surface area (Å²) in [5.74, 6) is 0. The SMILES string of the molecule is O=S(=O)(N[C@H]1CC[C@@H](Nc2ccnc3cc(Cl)ccc23)CC1)c1ccc(C(F)(F)F)cc1. The second-order valence-electron chi connectivity index (χ2n) is 7.86. The van der Waals surface area contributed by atoms with Crippen molar-refractivity contribution in [2.75, 3.05) is 5.32 Å². The molecule has 0 spiro atoms. The van der Waals surface area contributed by atoms with Crippen molar-refractivity contribution in [3.8, 4) is 0 Å². The van der Waals surface area contributed by atoms with Crippen LogP contribution in [0.4, 0.5) is 18.9 Å². The lowest BCUT2D eigenvalue weighted by atomic mass is 9.91. The molecule has 10 heteroatoms. The maximum Gasteiger partial charge on any atom is 0.416 e. The van der Waals surface area contributed by atoms with E-state index in [0.29, 0.717) is 17.9 Å². The second kappa shape index (κ2) is 8.88. The number of aromatic nitrogens is 1. The Labute approximate surface area is 189 Å². The molecule has 0 saturated heterocycles. The van der Waals surface area contributed by atoms with Crippen molar-refractivity contribution >= 4 is 38.2 Å². The van der Waals surface area contributed by atoms with Gasteiger partial charge in [0.25, 0.3) is 0 Å². The van der Waals surface area contributed by atoms with E-state index in [9.17, 15) is 21.6 Å². The summed E-state index contributed by atoms with van der Waals surface area (Å²) in [5.41, 5.74) is 0.856. The molecule has 3 aromatic rings. The molecule has 1 aliphatic rings. The van der Waals surface area contributed by atoms with Crippen molar-refractivity contribution < 1.29 is 21.6 Å². The van der Waals surface area contributed by atoms with E-state index >= 15 is 0 Å². The Morgan fingerprint density at radius 1 is 0.938 bits per heavy atom. The Bertz CT molecular complexity index is 1210. The lowest BCUT2D eigenvalue weighted by Gasteiger charge is -2.30. The molecule has 0 atom stereocenters. The van der Waals surface area contributed by atoms with Gasteiger partial charge < -0.3 is 5.32 Å². The van der Waals surface area contributed by atoms with Crippen LogP contribution in [0, 0.1) is 0 Å². The van der Waals surface area contributed by atoms with E-state index in [1.54, 1.807) is 12.3 Å². The van der Waals surface area contributed by atoms with Crippen LogP contribution >= 0.6 is 11.6 Å². The highest BCUT2D eigenvalue weighted by Crippen LogP contribution is 2.31. The molecule has 2 aromatic carbocycles. The van der Waals surface area contributed by atoms with Crippen LogP contribution in [0.5, 0.6) is 0 Å². The summed E-state index contributed by atoms with van der Waals surface area (Å²) >= 11 is 6.04. The van der Waals surface area contributed by atoms with E-state index in [0.717, 1.165) is 53.7 Å². The Balaban J connectivity index is 1.37. The molecule has 2 N–H and O–H groups in total. The first-order valence-corrected chi connectivity index (χ1v) is 12.0. The Hall–Kier alpha value is -2.36. The minimum absolute atomic E-state index is 0.170. The van der Waals surface area contributed by atoms with E-state index in [1.807, 2.05) is 18.2 Å². The van der Waals surface area contributed by atoms with Gasteiger partial charge in [-0.2, -0.15) is 13.2 Å². The molecule has 1 saturated carbocycles. The number of nitrogens with one attached hydrogen (secondary N) is 2. The third-order valence-corrected chi connectivity index (χ3v) is 7.38. The van der Waals surface area contributed by atoms with Crippen molar-refractivity contribution in [3.63, 3.8) is 0 Å². The molecule has 1 aliphatic carbocycles. The van der Waals surface area contributed by atoms with E-state index in [-0.39, 0.29) is 17.0 Å². The van der Waals surface area contributed by atoms with Crippen molar-refractivity contribution in [3.05, 3.63) is 65.3 Å². The number of pyridine rings is 1. The minimum atomic E-state index is -4.51. The molecular weight excluding hydrogens is 463 g/mol. The highest BCUT2D eigenvalue weighted by atomic mass is 35.5. The topological polar surface area (TPSA) is 71.1 Å². The molecule has 4 rings (SSSR count). The fraction of sp³-hybridized carbons (Fsp3) is 0.318. The normalized spacial score (nSPS) is 19.8. The first-order valence-electron chi connectivity index (χ1n) is 10.1. The third-order valence-electron chi connectivity index (χ3n) is 5.61. The Morgan fingerprint density at radius 3 is 2.25 bits per heavy atom. The van der Waals surface area contributed by atoms with E-state index in [4.69, 9.17) is 11.6 Å². The van der Waals surface area contributed by atoms with Gasteiger partial charge in [-0.3, -0.25) is 4.98 Å². The molecule has 32 heavy (non-hydrogen) atoms. The van der Waals surface area contributed by atoms with Gasteiger partial charge in [-0.15, -0.1) is 0 Å². The summed E-state index contributed by atoms with van der Waals surface area (Å²) in [5, 5.41) is 5.09. The zero-order valence-electron chi connectivity index (χ0n) is 16.9. The first kappa shape index (κ1) is 22.8. The largest absolute Gasteiger partial charge is 0.416 e. The van der Waals surface area contributed by atoms with Crippen LogP contribution in [0.1, 0.15) is 31.2 Å². The van der Waals surface area contributed by atoms with Crippen LogP contribution in [0.15, 0.2) is 59.6 Å². The lowest BCUT2D eigenvalue weighted by molar-refractivity contribution is -0.137. The van der Waals surface area contributed by atoms with Crippen molar-refractivity contribution in [1.82, 2.24) is 9.71 Å². The molecular formula is C22H21ClF3N3O2S. The van der Waals surface area contributed by atoms with Crippen LogP contribution in [0.3, 0.4) is 0 Å². The van der Waals surface area contributed by atoms with Crippen LogP contribution in [0.25, 0.3) is 10.9 Å². The van der Waals surface area contributed by atoms with Gasteiger partial charge in [-0.05, 0) is 74.2 Å². The maximum absolute atomic E-state index is 12.7. The molecule has 1 heterocycles. The van der Waals surface area contributed by atoms with Crippen molar-refractivity contribution in [1.29, 1.82) is 0 Å². The highest BCUT2D eigenvalue weighted by molar-refractivity contribution is 7.89. The molecule has 1 fully saturated rings. The molecule has 1 aromatic heterocycles. The smallest absolute Gasteiger partial charge is 0.382 e. The summed E-state index contributed by atoms with van der Waals surface area (Å²) in [6.07, 6.45) is -0.0632. The van der Waals surface area contributed by atoms with Crippen molar-refractivity contribution in [2.45, 2.75) is 48.8 Å². The average Bonchev–Trinajstić information content (AvgIpc) is 2.74. The number of nitrogens with zero attached hydrogens (tertiary/aromatic N) is 1. The molecule has 0 bridgehead atoms. The number of halogens is 4. The maximum atomic E-state index is 12.7. The molecule has 170 valence electrons. The zero-order chi connectivity index (χ0) is 22.9. The fourth-order valence-corrected chi connectivity index (χ4v) is 5.40. The number of sulfonamides is 1. The van der Waals surface area contributed by atoms with Crippen molar-refractivity contribution in [2.24, 2.45) is 0 Å². The summed E-state index contributed by atoms with van der Waals surface area (Å²) < 4.78 is 65.9. The van der Waals surface area contributed by atoms with E-state index in [1.165, 1.54) is 0 Å². The van der Waals surface area contributed by atoms with Gasteiger partial charge in [0, 0.05) is 34.4 Å². The van der Waals surface area contributed by atoms with E-state index in [2.05, 4.69) is 15.0 Å². The van der Waals surface area contributed by atoms with Crippen LogP contribution in [-0.4, -0.2) is 25.5 Å². The zero-order valence-corrected chi connectivity index (χ0v) is 18.4. The summed E-state index contributed by atoms with van der Waals surface area (Å²) in [6.45, 7) is 0. The number of alkyl halides is 3. The molecule has 0 unspecified atom stereocenters.